The first-order valence-electron chi connectivity index (χ1n) is 5.97. The van der Waals surface area contributed by atoms with Gasteiger partial charge < -0.3 is 5.11 Å². The van der Waals surface area contributed by atoms with Gasteiger partial charge in [0.25, 0.3) is 0 Å². The zero-order chi connectivity index (χ0) is 14.3. The van der Waals surface area contributed by atoms with Crippen LogP contribution in [0.5, 0.6) is 0 Å². The summed E-state index contributed by atoms with van der Waals surface area (Å²) in [6, 6.07) is 5.14. The zero-order valence-electron chi connectivity index (χ0n) is 10.4. The van der Waals surface area contributed by atoms with E-state index in [-0.39, 0.29) is 12.4 Å². The van der Waals surface area contributed by atoms with Gasteiger partial charge in [-0.2, -0.15) is 0 Å². The highest BCUT2D eigenvalue weighted by Crippen LogP contribution is 2.21. The lowest BCUT2D eigenvalue weighted by Gasteiger charge is -2.07. The van der Waals surface area contributed by atoms with Crippen LogP contribution < -0.4 is 4.72 Å². The summed E-state index contributed by atoms with van der Waals surface area (Å²) in [6.07, 6.45) is 1.45. The van der Waals surface area contributed by atoms with Gasteiger partial charge in [-0.15, -0.1) is 0 Å². The van der Waals surface area contributed by atoms with E-state index < -0.39 is 10.0 Å². The molecule has 0 aliphatic heterocycles. The first kappa shape index (κ1) is 16.7. The summed E-state index contributed by atoms with van der Waals surface area (Å²) < 4.78 is 25.7. The number of aliphatic hydroxyl groups excluding tert-OH is 1. The minimum atomic E-state index is -3.28. The van der Waals surface area contributed by atoms with Crippen molar-refractivity contribution in [3.8, 4) is 0 Å². The molecule has 0 fully saturated rings. The van der Waals surface area contributed by atoms with Gasteiger partial charge in [-0.3, -0.25) is 0 Å². The van der Waals surface area contributed by atoms with Crippen molar-refractivity contribution in [2.24, 2.45) is 0 Å². The Morgan fingerprint density at radius 3 is 2.58 bits per heavy atom. The summed E-state index contributed by atoms with van der Waals surface area (Å²) >= 11 is 11.8. The molecule has 0 saturated heterocycles. The van der Waals surface area contributed by atoms with Crippen LogP contribution >= 0.6 is 23.2 Å². The molecule has 19 heavy (non-hydrogen) atoms. The molecule has 0 unspecified atom stereocenters. The third-order valence-electron chi connectivity index (χ3n) is 2.55. The van der Waals surface area contributed by atoms with Crippen LogP contribution in [0.15, 0.2) is 18.2 Å². The smallest absolute Gasteiger partial charge is 0.211 e. The highest BCUT2D eigenvalue weighted by Gasteiger charge is 2.09. The largest absolute Gasteiger partial charge is 0.396 e. The Balaban J connectivity index is 2.41. The van der Waals surface area contributed by atoms with Crippen molar-refractivity contribution in [3.63, 3.8) is 0 Å². The molecule has 0 atom stereocenters. The van der Waals surface area contributed by atoms with Crippen molar-refractivity contribution >= 4 is 33.2 Å². The van der Waals surface area contributed by atoms with Crippen LogP contribution in [0.2, 0.25) is 10.0 Å². The number of hydrogen-bond donors (Lipinski definition) is 2. The molecule has 0 radical (unpaired) electrons. The Kier molecular flexibility index (Phi) is 7.10. The molecule has 4 nitrogen and oxygen atoms in total. The summed E-state index contributed by atoms with van der Waals surface area (Å²) in [7, 11) is -3.28. The fourth-order valence-corrected chi connectivity index (χ4v) is 3.19. The van der Waals surface area contributed by atoms with Gasteiger partial charge in [0.2, 0.25) is 10.0 Å². The molecule has 108 valence electrons. The van der Waals surface area contributed by atoms with Crippen LogP contribution in [0.3, 0.4) is 0 Å². The average Bonchev–Trinajstić information content (AvgIpc) is 2.32. The van der Waals surface area contributed by atoms with Crippen molar-refractivity contribution in [2.75, 3.05) is 18.9 Å². The van der Waals surface area contributed by atoms with Crippen LogP contribution in [-0.4, -0.2) is 32.4 Å². The van der Waals surface area contributed by atoms with Gasteiger partial charge in [0.05, 0.1) is 5.75 Å². The Bertz CT molecular complexity index is 506. The zero-order valence-corrected chi connectivity index (χ0v) is 12.7. The predicted octanol–water partition coefficient (Wildman–Crippen LogP) is 2.23. The second-order valence-electron chi connectivity index (χ2n) is 4.13. The molecular formula is C12H17Cl2NO3S. The van der Waals surface area contributed by atoms with Crippen LogP contribution in [0.1, 0.15) is 18.4 Å². The molecule has 0 bridgehead atoms. The molecule has 1 aromatic rings. The molecule has 1 aromatic carbocycles. The molecule has 0 spiro atoms. The minimum absolute atomic E-state index is 0.00982. The van der Waals surface area contributed by atoms with Gasteiger partial charge in [0, 0.05) is 23.2 Å². The van der Waals surface area contributed by atoms with Gasteiger partial charge in [-0.1, -0.05) is 29.3 Å². The Morgan fingerprint density at radius 2 is 1.95 bits per heavy atom. The third kappa shape index (κ3) is 6.58. The molecule has 2 N–H and O–H groups in total. The number of unbranched alkanes of at least 4 members (excludes halogenated alkanes) is 1. The number of rotatable bonds is 8. The van der Waals surface area contributed by atoms with E-state index in [1.807, 2.05) is 0 Å². The van der Waals surface area contributed by atoms with E-state index >= 15 is 0 Å². The molecule has 0 aliphatic carbocycles. The first-order chi connectivity index (χ1) is 8.94. The van der Waals surface area contributed by atoms with Gasteiger partial charge in [0.1, 0.15) is 0 Å². The molecule has 1 rings (SSSR count). The van der Waals surface area contributed by atoms with E-state index in [1.54, 1.807) is 18.2 Å². The van der Waals surface area contributed by atoms with Crippen molar-refractivity contribution in [3.05, 3.63) is 33.8 Å². The monoisotopic (exact) mass is 325 g/mol. The highest BCUT2D eigenvalue weighted by molar-refractivity contribution is 7.89. The second kappa shape index (κ2) is 8.07. The van der Waals surface area contributed by atoms with E-state index in [0.717, 1.165) is 5.56 Å². The van der Waals surface area contributed by atoms with E-state index in [2.05, 4.69) is 4.72 Å². The highest BCUT2D eigenvalue weighted by atomic mass is 35.5. The molecule has 0 saturated carbocycles. The number of aliphatic hydroxyl groups is 1. The summed E-state index contributed by atoms with van der Waals surface area (Å²) in [6.45, 7) is 0.304. The fraction of sp³-hybridized carbons (Fsp3) is 0.500. The topological polar surface area (TPSA) is 66.4 Å². The van der Waals surface area contributed by atoms with Gasteiger partial charge in [-0.25, -0.2) is 13.1 Å². The molecule has 7 heteroatoms. The van der Waals surface area contributed by atoms with Crippen LogP contribution in [0.25, 0.3) is 0 Å². The molecule has 0 amide bonds. The van der Waals surface area contributed by atoms with Crippen molar-refractivity contribution < 1.29 is 13.5 Å². The maximum absolute atomic E-state index is 11.6. The Labute approximate surface area is 123 Å². The maximum atomic E-state index is 11.6. The number of sulfonamides is 1. The summed E-state index contributed by atoms with van der Waals surface area (Å²) in [5, 5.41) is 9.69. The van der Waals surface area contributed by atoms with Crippen molar-refractivity contribution in [2.45, 2.75) is 19.3 Å². The lowest BCUT2D eigenvalue weighted by molar-refractivity contribution is 0.287. The van der Waals surface area contributed by atoms with Gasteiger partial charge in [-0.05, 0) is 37.0 Å². The molecule has 0 aliphatic rings. The van der Waals surface area contributed by atoms with E-state index in [4.69, 9.17) is 28.3 Å². The summed E-state index contributed by atoms with van der Waals surface area (Å²) in [5.74, 6) is 0.0297. The van der Waals surface area contributed by atoms with Crippen LogP contribution in [0.4, 0.5) is 0 Å². The van der Waals surface area contributed by atoms with E-state index in [0.29, 0.717) is 35.9 Å². The van der Waals surface area contributed by atoms with Crippen molar-refractivity contribution in [1.82, 2.24) is 4.72 Å². The molecule has 0 aromatic heterocycles. The SMILES string of the molecule is O=S(=O)(CCCCO)NCCc1ccc(Cl)cc1Cl. The van der Waals surface area contributed by atoms with Gasteiger partial charge >= 0.3 is 0 Å². The van der Waals surface area contributed by atoms with Crippen molar-refractivity contribution in [1.29, 1.82) is 0 Å². The second-order valence-corrected chi connectivity index (χ2v) is 6.90. The predicted molar refractivity (Wildman–Crippen MR) is 78.3 cm³/mol. The third-order valence-corrected chi connectivity index (χ3v) is 4.61. The van der Waals surface area contributed by atoms with E-state index in [1.165, 1.54) is 0 Å². The Hall–Kier alpha value is -0.330. The first-order valence-corrected chi connectivity index (χ1v) is 8.37. The summed E-state index contributed by atoms with van der Waals surface area (Å²) in [4.78, 5) is 0. The van der Waals surface area contributed by atoms with Crippen LogP contribution in [-0.2, 0) is 16.4 Å². The lowest BCUT2D eigenvalue weighted by atomic mass is 10.1. The van der Waals surface area contributed by atoms with Gasteiger partial charge in [0.15, 0.2) is 0 Å². The standard InChI is InChI=1S/C12H17Cl2NO3S/c13-11-4-3-10(12(14)9-11)5-6-15-19(17,18)8-2-1-7-16/h3-4,9,15-16H,1-2,5-8H2. The summed E-state index contributed by atoms with van der Waals surface area (Å²) in [5.41, 5.74) is 0.851. The Morgan fingerprint density at radius 1 is 1.21 bits per heavy atom. The number of nitrogens with one attached hydrogen (secondary N) is 1. The molecular weight excluding hydrogens is 309 g/mol. The van der Waals surface area contributed by atoms with E-state index in [9.17, 15) is 8.42 Å². The lowest BCUT2D eigenvalue weighted by Crippen LogP contribution is -2.28. The number of halogens is 2. The maximum Gasteiger partial charge on any atom is 0.211 e. The minimum Gasteiger partial charge on any atom is -0.396 e. The number of benzene rings is 1. The number of hydrogen-bond acceptors (Lipinski definition) is 3. The van der Waals surface area contributed by atoms with Crippen LogP contribution in [0, 0.1) is 0 Å². The molecule has 0 heterocycles. The average molecular weight is 326 g/mol. The normalized spacial score (nSPS) is 11.7. The quantitative estimate of drug-likeness (QED) is 0.720. The fourth-order valence-electron chi connectivity index (χ4n) is 1.54.